The van der Waals surface area contributed by atoms with E-state index in [1.165, 1.54) is 12.1 Å². The Morgan fingerprint density at radius 1 is 1.25 bits per heavy atom. The summed E-state index contributed by atoms with van der Waals surface area (Å²) < 4.78 is 49.4. The van der Waals surface area contributed by atoms with Gasteiger partial charge >= 0.3 is 5.97 Å². The van der Waals surface area contributed by atoms with Crippen LogP contribution in [-0.2, 0) is 31.1 Å². The Morgan fingerprint density at radius 3 is 2.25 bits per heavy atom. The van der Waals surface area contributed by atoms with Crippen molar-refractivity contribution in [3.05, 3.63) is 29.8 Å². The number of rotatable bonds is 6. The first-order valence-electron chi connectivity index (χ1n) is 7.28. The highest BCUT2D eigenvalue weighted by atomic mass is 32.2. The van der Waals surface area contributed by atoms with Crippen molar-refractivity contribution >= 4 is 25.8 Å². The summed E-state index contributed by atoms with van der Waals surface area (Å²) in [5.41, 5.74) is 0.905. The Hall–Kier alpha value is -1.49. The second kappa shape index (κ2) is 6.79. The maximum absolute atomic E-state index is 12.8. The average Bonchev–Trinajstić information content (AvgIpc) is 2.77. The zero-order valence-corrected chi connectivity index (χ0v) is 14.6. The SMILES string of the molecule is CCc1ccc(S(=O)(=O)N(CC(=O)O)[C@H]2CS(=O)(=O)C[C@@H]2O)cc1. The summed E-state index contributed by atoms with van der Waals surface area (Å²) in [7, 11) is -7.89. The number of aliphatic carboxylic acids is 1. The Kier molecular flexibility index (Phi) is 5.33. The van der Waals surface area contributed by atoms with Crippen LogP contribution in [0, 0.1) is 0 Å². The molecule has 1 heterocycles. The third-order valence-electron chi connectivity index (χ3n) is 3.89. The zero-order chi connectivity index (χ0) is 18.1. The van der Waals surface area contributed by atoms with Crippen LogP contribution < -0.4 is 0 Å². The van der Waals surface area contributed by atoms with E-state index in [1.54, 1.807) is 12.1 Å². The van der Waals surface area contributed by atoms with Crippen LogP contribution in [-0.4, -0.2) is 67.5 Å². The standard InChI is InChI=1S/C14H19NO7S2/c1-2-10-3-5-11(6-4-10)24(21,22)15(7-14(17)18)12-8-23(19,20)9-13(12)16/h3-6,12-13,16H,2,7-9H2,1H3,(H,17,18)/t12-,13-/m0/s1. The fourth-order valence-electron chi connectivity index (χ4n) is 2.63. The molecule has 8 nitrogen and oxygen atoms in total. The number of nitrogens with zero attached hydrogens (tertiary/aromatic N) is 1. The van der Waals surface area contributed by atoms with Crippen molar-refractivity contribution in [2.24, 2.45) is 0 Å². The lowest BCUT2D eigenvalue weighted by Gasteiger charge is -2.27. The summed E-state index contributed by atoms with van der Waals surface area (Å²) in [6, 6.07) is 4.58. The third-order valence-corrected chi connectivity index (χ3v) is 7.48. The van der Waals surface area contributed by atoms with E-state index < -0.39 is 56.0 Å². The van der Waals surface area contributed by atoms with Crippen LogP contribution in [0.2, 0.25) is 0 Å². The van der Waals surface area contributed by atoms with Crippen LogP contribution >= 0.6 is 0 Å². The van der Waals surface area contributed by atoms with Gasteiger partial charge in [0.05, 0.1) is 28.5 Å². The zero-order valence-electron chi connectivity index (χ0n) is 13.0. The van der Waals surface area contributed by atoms with Crippen LogP contribution in [0.4, 0.5) is 0 Å². The van der Waals surface area contributed by atoms with Crippen molar-refractivity contribution < 1.29 is 31.8 Å². The molecule has 1 fully saturated rings. The number of aliphatic hydroxyl groups excluding tert-OH is 1. The smallest absolute Gasteiger partial charge is 0.318 e. The van der Waals surface area contributed by atoms with Crippen molar-refractivity contribution in [2.75, 3.05) is 18.1 Å². The molecule has 0 aromatic heterocycles. The maximum atomic E-state index is 12.8. The van der Waals surface area contributed by atoms with Crippen LogP contribution in [0.1, 0.15) is 12.5 Å². The number of sulfonamides is 1. The van der Waals surface area contributed by atoms with Crippen molar-refractivity contribution in [1.29, 1.82) is 0 Å². The molecule has 10 heteroatoms. The van der Waals surface area contributed by atoms with Crippen molar-refractivity contribution in [3.63, 3.8) is 0 Å². The summed E-state index contributed by atoms with van der Waals surface area (Å²) in [6.45, 7) is 0.981. The van der Waals surface area contributed by atoms with Crippen molar-refractivity contribution in [2.45, 2.75) is 30.4 Å². The van der Waals surface area contributed by atoms with E-state index >= 15 is 0 Å². The average molecular weight is 377 g/mol. The monoisotopic (exact) mass is 377 g/mol. The molecule has 134 valence electrons. The number of benzene rings is 1. The van der Waals surface area contributed by atoms with Gasteiger partial charge in [0.15, 0.2) is 9.84 Å². The molecule has 0 aliphatic carbocycles. The van der Waals surface area contributed by atoms with E-state index in [9.17, 15) is 26.7 Å². The van der Waals surface area contributed by atoms with Crippen LogP contribution in [0.25, 0.3) is 0 Å². The second-order valence-electron chi connectivity index (χ2n) is 5.65. The van der Waals surface area contributed by atoms with Gasteiger partial charge in [-0.2, -0.15) is 4.31 Å². The molecular weight excluding hydrogens is 358 g/mol. The number of carboxylic acids is 1. The first-order chi connectivity index (χ1) is 11.1. The molecule has 1 aromatic rings. The highest BCUT2D eigenvalue weighted by molar-refractivity contribution is 7.92. The number of sulfone groups is 1. The number of hydrogen-bond acceptors (Lipinski definition) is 6. The predicted molar refractivity (Wildman–Crippen MR) is 85.8 cm³/mol. The summed E-state index contributed by atoms with van der Waals surface area (Å²) in [4.78, 5) is 10.9. The van der Waals surface area contributed by atoms with Crippen LogP contribution in [0.5, 0.6) is 0 Å². The molecule has 1 aromatic carbocycles. The lowest BCUT2D eigenvalue weighted by molar-refractivity contribution is -0.137. The molecular formula is C14H19NO7S2. The molecule has 0 bridgehead atoms. The van der Waals surface area contributed by atoms with Gasteiger partial charge < -0.3 is 10.2 Å². The normalized spacial score (nSPS) is 23.5. The number of aryl methyl sites for hydroxylation is 1. The van der Waals surface area contributed by atoms with E-state index in [1.807, 2.05) is 6.92 Å². The largest absolute Gasteiger partial charge is 0.480 e. The number of aliphatic hydroxyl groups is 1. The van der Waals surface area contributed by atoms with Crippen molar-refractivity contribution in [3.8, 4) is 0 Å². The summed E-state index contributed by atoms with van der Waals surface area (Å²) in [5.74, 6) is -2.62. The van der Waals surface area contributed by atoms with E-state index in [4.69, 9.17) is 5.11 Å². The van der Waals surface area contributed by atoms with Gasteiger partial charge in [0, 0.05) is 0 Å². The molecule has 2 atom stereocenters. The van der Waals surface area contributed by atoms with Gasteiger partial charge in [-0.05, 0) is 24.1 Å². The fraction of sp³-hybridized carbons (Fsp3) is 0.500. The lowest BCUT2D eigenvalue weighted by Crippen LogP contribution is -2.48. The summed E-state index contributed by atoms with van der Waals surface area (Å²) in [6.07, 6.45) is -0.752. The summed E-state index contributed by atoms with van der Waals surface area (Å²) >= 11 is 0. The van der Waals surface area contributed by atoms with Gasteiger partial charge in [-0.25, -0.2) is 16.8 Å². The molecule has 2 N–H and O–H groups in total. The molecule has 0 saturated carbocycles. The molecule has 2 rings (SSSR count). The molecule has 0 spiro atoms. The molecule has 0 unspecified atom stereocenters. The number of carbonyl (C=O) groups is 1. The highest BCUT2D eigenvalue weighted by Crippen LogP contribution is 2.25. The Bertz CT molecular complexity index is 815. The van der Waals surface area contributed by atoms with E-state index in [-0.39, 0.29) is 4.90 Å². The minimum atomic E-state index is -4.26. The molecule has 1 saturated heterocycles. The topological polar surface area (TPSA) is 129 Å². The predicted octanol–water partition coefficient (Wildman–Crippen LogP) is -0.518. The maximum Gasteiger partial charge on any atom is 0.318 e. The van der Waals surface area contributed by atoms with Gasteiger partial charge in [0.25, 0.3) is 0 Å². The highest BCUT2D eigenvalue weighted by Gasteiger charge is 2.45. The minimum Gasteiger partial charge on any atom is -0.480 e. The second-order valence-corrected chi connectivity index (χ2v) is 9.70. The molecule has 0 amide bonds. The first-order valence-corrected chi connectivity index (χ1v) is 10.5. The number of hydrogen-bond donors (Lipinski definition) is 2. The van der Waals surface area contributed by atoms with E-state index in [2.05, 4.69) is 0 Å². The van der Waals surface area contributed by atoms with Gasteiger partial charge in [0.1, 0.15) is 6.54 Å². The lowest BCUT2D eigenvalue weighted by atomic mass is 10.2. The Balaban J connectivity index is 2.44. The minimum absolute atomic E-state index is 0.141. The summed E-state index contributed by atoms with van der Waals surface area (Å²) in [5, 5.41) is 18.9. The quantitative estimate of drug-likeness (QED) is 0.682. The molecule has 1 aliphatic heterocycles. The number of carboxylic acid groups (broad SMARTS) is 1. The van der Waals surface area contributed by atoms with Crippen molar-refractivity contribution in [1.82, 2.24) is 4.31 Å². The Morgan fingerprint density at radius 2 is 1.83 bits per heavy atom. The third kappa shape index (κ3) is 3.94. The fourth-order valence-corrected chi connectivity index (χ4v) is 6.13. The molecule has 0 radical (unpaired) electrons. The van der Waals surface area contributed by atoms with E-state index in [0.717, 1.165) is 5.56 Å². The van der Waals surface area contributed by atoms with Gasteiger partial charge in [-0.15, -0.1) is 0 Å². The van der Waals surface area contributed by atoms with Gasteiger partial charge in [0.2, 0.25) is 10.0 Å². The molecule has 1 aliphatic rings. The van der Waals surface area contributed by atoms with Crippen LogP contribution in [0.3, 0.4) is 0 Å². The van der Waals surface area contributed by atoms with Gasteiger partial charge in [-0.1, -0.05) is 19.1 Å². The Labute approximate surface area is 140 Å². The van der Waals surface area contributed by atoms with Gasteiger partial charge in [-0.3, -0.25) is 4.79 Å². The van der Waals surface area contributed by atoms with E-state index in [0.29, 0.717) is 10.7 Å². The first kappa shape index (κ1) is 18.8. The molecule has 24 heavy (non-hydrogen) atoms. The van der Waals surface area contributed by atoms with Crippen LogP contribution in [0.15, 0.2) is 29.2 Å².